The van der Waals surface area contributed by atoms with Crippen molar-refractivity contribution < 1.29 is 12.8 Å². The molecule has 1 aliphatic rings. The van der Waals surface area contributed by atoms with Gasteiger partial charge in [0.15, 0.2) is 0 Å². The Morgan fingerprint density at radius 2 is 1.79 bits per heavy atom. The highest BCUT2D eigenvalue weighted by atomic mass is 32.2. The number of hydrogen-bond donors (Lipinski definition) is 0. The number of benzene rings is 1. The average Bonchev–Trinajstić information content (AvgIpc) is 2.64. The summed E-state index contributed by atoms with van der Waals surface area (Å²) in [5.74, 6) is -0.100. The maximum atomic E-state index is 14.2. The molecule has 5 nitrogen and oxygen atoms in total. The first kappa shape index (κ1) is 20.9. The highest BCUT2D eigenvalue weighted by Crippen LogP contribution is 2.48. The van der Waals surface area contributed by atoms with E-state index in [-0.39, 0.29) is 11.7 Å². The Kier molecular flexibility index (Phi) is 5.87. The number of hydrogen-bond acceptors (Lipinski definition) is 4. The first-order chi connectivity index (χ1) is 13.2. The Hall–Kier alpha value is -1.86. The van der Waals surface area contributed by atoms with E-state index in [9.17, 15) is 12.8 Å². The standard InChI is InChI=1S/C21H28FN3O2S/c1-5-21(18-7-6-8-19(22)13-18,20-15(2)23-14-24-16(20)3)17-9-11-25(12-10-17)28(4,26)27/h6-8,13-14,17H,5,9-12H2,1-4H3. The molecule has 0 amide bonds. The van der Waals surface area contributed by atoms with E-state index in [1.54, 1.807) is 18.5 Å². The van der Waals surface area contributed by atoms with Crippen molar-refractivity contribution >= 4 is 10.0 Å². The highest BCUT2D eigenvalue weighted by Gasteiger charge is 2.45. The molecule has 0 N–H and O–H groups in total. The van der Waals surface area contributed by atoms with E-state index in [0.29, 0.717) is 25.9 Å². The lowest BCUT2D eigenvalue weighted by atomic mass is 9.60. The molecular weight excluding hydrogens is 377 g/mol. The van der Waals surface area contributed by atoms with Crippen molar-refractivity contribution in [2.45, 2.75) is 45.4 Å². The number of halogens is 1. The summed E-state index contributed by atoms with van der Waals surface area (Å²) < 4.78 is 39.7. The second kappa shape index (κ2) is 7.87. The van der Waals surface area contributed by atoms with Gasteiger partial charge < -0.3 is 0 Å². The summed E-state index contributed by atoms with van der Waals surface area (Å²) in [4.78, 5) is 8.88. The van der Waals surface area contributed by atoms with Crippen molar-refractivity contribution in [3.63, 3.8) is 0 Å². The van der Waals surface area contributed by atoms with Gasteiger partial charge >= 0.3 is 0 Å². The van der Waals surface area contributed by atoms with Gasteiger partial charge in [-0.3, -0.25) is 0 Å². The summed E-state index contributed by atoms with van der Waals surface area (Å²) in [6.07, 6.45) is 5.00. The van der Waals surface area contributed by atoms with E-state index < -0.39 is 15.4 Å². The molecule has 28 heavy (non-hydrogen) atoms. The second-order valence-corrected chi connectivity index (χ2v) is 9.67. The third-order valence-electron chi connectivity index (χ3n) is 6.19. The predicted octanol–water partition coefficient (Wildman–Crippen LogP) is 3.60. The molecule has 0 bridgehead atoms. The quantitative estimate of drug-likeness (QED) is 0.762. The zero-order chi connectivity index (χ0) is 20.5. The van der Waals surface area contributed by atoms with Gasteiger partial charge in [-0.1, -0.05) is 19.1 Å². The van der Waals surface area contributed by atoms with Crippen LogP contribution in [-0.2, 0) is 15.4 Å². The van der Waals surface area contributed by atoms with Crippen LogP contribution in [0.1, 0.15) is 48.7 Å². The minimum Gasteiger partial charge on any atom is -0.241 e. The normalized spacial score (nSPS) is 18.8. The van der Waals surface area contributed by atoms with E-state index in [1.807, 2.05) is 19.9 Å². The van der Waals surface area contributed by atoms with Crippen molar-refractivity contribution in [3.8, 4) is 0 Å². The fraction of sp³-hybridized carbons (Fsp3) is 0.524. The van der Waals surface area contributed by atoms with Crippen molar-refractivity contribution in [1.29, 1.82) is 0 Å². The van der Waals surface area contributed by atoms with Crippen LogP contribution in [0, 0.1) is 25.6 Å². The molecule has 152 valence electrons. The van der Waals surface area contributed by atoms with Gasteiger partial charge in [0.2, 0.25) is 10.0 Å². The van der Waals surface area contributed by atoms with Crippen molar-refractivity contribution in [1.82, 2.24) is 14.3 Å². The van der Waals surface area contributed by atoms with Gasteiger partial charge in [0, 0.05) is 35.5 Å². The predicted molar refractivity (Wildman–Crippen MR) is 108 cm³/mol. The number of rotatable bonds is 5. The molecule has 1 saturated heterocycles. The maximum Gasteiger partial charge on any atom is 0.211 e. The van der Waals surface area contributed by atoms with Crippen LogP contribution in [0.25, 0.3) is 0 Å². The summed E-state index contributed by atoms with van der Waals surface area (Å²) in [6.45, 7) is 7.01. The van der Waals surface area contributed by atoms with Crippen LogP contribution in [-0.4, -0.2) is 42.0 Å². The van der Waals surface area contributed by atoms with Crippen molar-refractivity contribution in [3.05, 3.63) is 58.9 Å². The lowest BCUT2D eigenvalue weighted by Crippen LogP contribution is -2.46. The molecule has 3 rings (SSSR count). The molecule has 7 heteroatoms. The van der Waals surface area contributed by atoms with Crippen LogP contribution in [0.3, 0.4) is 0 Å². The summed E-state index contributed by atoms with van der Waals surface area (Å²) in [5, 5.41) is 0. The fourth-order valence-corrected chi connectivity index (χ4v) is 5.81. The minimum atomic E-state index is -3.21. The lowest BCUT2D eigenvalue weighted by molar-refractivity contribution is 0.193. The molecule has 2 heterocycles. The van der Waals surface area contributed by atoms with E-state index in [2.05, 4.69) is 16.9 Å². The third kappa shape index (κ3) is 3.70. The number of aryl methyl sites for hydroxylation is 2. The molecule has 0 spiro atoms. The topological polar surface area (TPSA) is 63.2 Å². The zero-order valence-electron chi connectivity index (χ0n) is 16.9. The minimum absolute atomic E-state index is 0.167. The van der Waals surface area contributed by atoms with Gasteiger partial charge in [-0.2, -0.15) is 0 Å². The van der Waals surface area contributed by atoms with E-state index >= 15 is 0 Å². The monoisotopic (exact) mass is 405 g/mol. The molecule has 1 aromatic carbocycles. The number of piperidine rings is 1. The smallest absolute Gasteiger partial charge is 0.211 e. The van der Waals surface area contributed by atoms with Gasteiger partial charge in [0.25, 0.3) is 0 Å². The average molecular weight is 406 g/mol. The van der Waals surface area contributed by atoms with Crippen LogP contribution in [0.5, 0.6) is 0 Å². The largest absolute Gasteiger partial charge is 0.241 e. The Morgan fingerprint density at radius 3 is 2.29 bits per heavy atom. The van der Waals surface area contributed by atoms with E-state index in [1.165, 1.54) is 16.6 Å². The number of aromatic nitrogens is 2. The summed E-state index contributed by atoms with van der Waals surface area (Å²) >= 11 is 0. The van der Waals surface area contributed by atoms with Crippen molar-refractivity contribution in [2.75, 3.05) is 19.3 Å². The first-order valence-corrected chi connectivity index (χ1v) is 11.5. The molecular formula is C21H28FN3O2S. The Morgan fingerprint density at radius 1 is 1.18 bits per heavy atom. The van der Waals surface area contributed by atoms with Crippen LogP contribution >= 0.6 is 0 Å². The van der Waals surface area contributed by atoms with E-state index in [0.717, 1.165) is 28.9 Å². The summed E-state index contributed by atoms with van der Waals surface area (Å²) in [5.41, 5.74) is 3.28. The zero-order valence-corrected chi connectivity index (χ0v) is 17.8. The Labute approximate surface area is 167 Å². The summed E-state index contributed by atoms with van der Waals surface area (Å²) in [7, 11) is -3.21. The van der Waals surface area contributed by atoms with Gasteiger partial charge in [-0.05, 0) is 56.7 Å². The molecule has 2 aromatic rings. The molecule has 1 fully saturated rings. The van der Waals surface area contributed by atoms with E-state index in [4.69, 9.17) is 0 Å². The van der Waals surface area contributed by atoms with Gasteiger partial charge in [-0.15, -0.1) is 0 Å². The van der Waals surface area contributed by atoms with Gasteiger partial charge in [0.05, 0.1) is 6.26 Å². The molecule has 1 atom stereocenters. The number of nitrogens with zero attached hydrogens (tertiary/aromatic N) is 3. The molecule has 1 aromatic heterocycles. The first-order valence-electron chi connectivity index (χ1n) is 9.70. The van der Waals surface area contributed by atoms with Crippen LogP contribution in [0.15, 0.2) is 30.6 Å². The molecule has 0 saturated carbocycles. The second-order valence-electron chi connectivity index (χ2n) is 7.69. The highest BCUT2D eigenvalue weighted by molar-refractivity contribution is 7.88. The third-order valence-corrected chi connectivity index (χ3v) is 7.49. The van der Waals surface area contributed by atoms with Crippen molar-refractivity contribution in [2.24, 2.45) is 5.92 Å². The van der Waals surface area contributed by atoms with Gasteiger partial charge in [0.1, 0.15) is 12.1 Å². The summed E-state index contributed by atoms with van der Waals surface area (Å²) in [6, 6.07) is 6.78. The Bertz CT molecular complexity index is 936. The fourth-order valence-electron chi connectivity index (χ4n) is 4.94. The molecule has 1 aliphatic heterocycles. The lowest BCUT2D eigenvalue weighted by Gasteiger charge is -2.46. The number of sulfonamides is 1. The van der Waals surface area contributed by atoms with Crippen LogP contribution in [0.2, 0.25) is 0 Å². The molecule has 1 unspecified atom stereocenters. The van der Waals surface area contributed by atoms with Crippen LogP contribution in [0.4, 0.5) is 4.39 Å². The SMILES string of the molecule is CCC(c1cccc(F)c1)(c1c(C)ncnc1C)C1CCN(S(C)(=O)=O)CC1. The van der Waals surface area contributed by atoms with Gasteiger partial charge in [-0.25, -0.2) is 27.1 Å². The van der Waals surface area contributed by atoms with Crippen LogP contribution < -0.4 is 0 Å². The maximum absolute atomic E-state index is 14.2. The Balaban J connectivity index is 2.16. The molecule has 0 radical (unpaired) electrons. The molecule has 0 aliphatic carbocycles.